The normalized spacial score (nSPS) is 15.2. The Morgan fingerprint density at radius 1 is 1.50 bits per heavy atom. The maximum Gasteiger partial charge on any atom is 0.433 e. The van der Waals surface area contributed by atoms with E-state index in [4.69, 9.17) is 0 Å². The molecule has 0 unspecified atom stereocenters. The highest BCUT2D eigenvalue weighted by atomic mass is 32.2. The Balaban J connectivity index is 2.49. The van der Waals surface area contributed by atoms with Crippen LogP contribution in [0.5, 0.6) is 0 Å². The maximum atomic E-state index is 12.8. The number of halogens is 3. The number of fused-ring (bicyclic) bond motifs is 1. The average Bonchev–Trinajstić information content (AvgIpc) is 2.58. The van der Waals surface area contributed by atoms with Crippen molar-refractivity contribution >= 4 is 17.5 Å². The lowest BCUT2D eigenvalue weighted by Gasteiger charge is -2.10. The summed E-state index contributed by atoms with van der Waals surface area (Å²) in [4.78, 5) is 10.9. The Labute approximate surface area is 94.0 Å². The number of aromatic nitrogens is 2. The minimum atomic E-state index is -4.44. The zero-order chi connectivity index (χ0) is 11.9. The number of alkyl halides is 3. The molecule has 0 bridgehead atoms. The van der Waals surface area contributed by atoms with Gasteiger partial charge in [-0.3, -0.25) is 9.48 Å². The van der Waals surface area contributed by atoms with Crippen molar-refractivity contribution in [2.24, 2.45) is 0 Å². The van der Waals surface area contributed by atoms with E-state index in [0.29, 0.717) is 17.2 Å². The summed E-state index contributed by atoms with van der Waals surface area (Å²) >= 11 is 1.41. The molecule has 3 nitrogen and oxygen atoms in total. The second-order valence-electron chi connectivity index (χ2n) is 3.62. The van der Waals surface area contributed by atoms with E-state index in [0.717, 1.165) is 4.68 Å². The molecule has 0 radical (unpaired) electrons. The molecule has 0 aliphatic carbocycles. The molecule has 88 valence electrons. The highest BCUT2D eigenvalue weighted by Crippen LogP contribution is 2.39. The first-order valence-corrected chi connectivity index (χ1v) is 5.78. The summed E-state index contributed by atoms with van der Waals surface area (Å²) in [6.45, 7) is 0.939. The highest BCUT2D eigenvalue weighted by Gasteiger charge is 2.41. The SMILES string of the molecule is CC(=O)Cn1nc2c(c1C(F)(F)F)CSC2. The van der Waals surface area contributed by atoms with E-state index in [1.165, 1.54) is 18.7 Å². The second kappa shape index (κ2) is 3.80. The van der Waals surface area contributed by atoms with Gasteiger partial charge in [0.15, 0.2) is 5.78 Å². The van der Waals surface area contributed by atoms with Crippen LogP contribution in [0.4, 0.5) is 13.2 Å². The van der Waals surface area contributed by atoms with Gasteiger partial charge in [0, 0.05) is 17.1 Å². The van der Waals surface area contributed by atoms with E-state index in [1.807, 2.05) is 0 Å². The van der Waals surface area contributed by atoms with Gasteiger partial charge in [-0.2, -0.15) is 30.0 Å². The van der Waals surface area contributed by atoms with Gasteiger partial charge >= 0.3 is 6.18 Å². The van der Waals surface area contributed by atoms with Crippen molar-refractivity contribution in [2.45, 2.75) is 31.2 Å². The summed E-state index contributed by atoms with van der Waals surface area (Å²) in [6, 6.07) is 0. The van der Waals surface area contributed by atoms with Crippen molar-refractivity contribution in [1.29, 1.82) is 0 Å². The minimum Gasteiger partial charge on any atom is -0.298 e. The Morgan fingerprint density at radius 3 is 2.75 bits per heavy atom. The Morgan fingerprint density at radius 2 is 2.19 bits per heavy atom. The molecule has 2 rings (SSSR count). The Kier molecular flexibility index (Phi) is 2.73. The van der Waals surface area contributed by atoms with Crippen molar-refractivity contribution in [3.05, 3.63) is 17.0 Å². The number of rotatable bonds is 2. The van der Waals surface area contributed by atoms with Gasteiger partial charge in [-0.1, -0.05) is 0 Å². The molecule has 1 aliphatic heterocycles. The van der Waals surface area contributed by atoms with E-state index in [9.17, 15) is 18.0 Å². The second-order valence-corrected chi connectivity index (χ2v) is 4.61. The number of carbonyl (C=O) groups is 1. The molecule has 0 saturated carbocycles. The van der Waals surface area contributed by atoms with E-state index < -0.39 is 11.9 Å². The van der Waals surface area contributed by atoms with Gasteiger partial charge in [-0.05, 0) is 6.92 Å². The van der Waals surface area contributed by atoms with E-state index >= 15 is 0 Å². The van der Waals surface area contributed by atoms with Gasteiger partial charge in [0.05, 0.1) is 12.2 Å². The molecular formula is C9H9F3N2OS. The summed E-state index contributed by atoms with van der Waals surface area (Å²) in [5, 5.41) is 3.85. The molecule has 1 aromatic heterocycles. The summed E-state index contributed by atoms with van der Waals surface area (Å²) in [7, 11) is 0. The van der Waals surface area contributed by atoms with Crippen LogP contribution in [0.2, 0.25) is 0 Å². The van der Waals surface area contributed by atoms with Gasteiger partial charge in [-0.15, -0.1) is 0 Å². The number of carbonyl (C=O) groups excluding carboxylic acids is 1. The van der Waals surface area contributed by atoms with Crippen LogP contribution in [0.25, 0.3) is 0 Å². The minimum absolute atomic E-state index is 0.235. The van der Waals surface area contributed by atoms with Crippen molar-refractivity contribution in [3.8, 4) is 0 Å². The number of thioether (sulfide) groups is 1. The molecule has 16 heavy (non-hydrogen) atoms. The lowest BCUT2D eigenvalue weighted by atomic mass is 10.2. The van der Waals surface area contributed by atoms with Crippen molar-refractivity contribution in [1.82, 2.24) is 9.78 Å². The predicted molar refractivity (Wildman–Crippen MR) is 52.9 cm³/mol. The van der Waals surface area contributed by atoms with Gasteiger partial charge < -0.3 is 0 Å². The zero-order valence-electron chi connectivity index (χ0n) is 8.47. The molecule has 2 heterocycles. The third kappa shape index (κ3) is 1.95. The van der Waals surface area contributed by atoms with Gasteiger partial charge in [0.1, 0.15) is 5.69 Å². The predicted octanol–water partition coefficient (Wildman–Crippen LogP) is 2.24. The van der Waals surface area contributed by atoms with Crippen LogP contribution in [0.3, 0.4) is 0 Å². The van der Waals surface area contributed by atoms with Crippen LogP contribution in [0, 0.1) is 0 Å². The molecule has 7 heteroatoms. The van der Waals surface area contributed by atoms with Crippen molar-refractivity contribution < 1.29 is 18.0 Å². The molecule has 0 amide bonds. The van der Waals surface area contributed by atoms with Crippen LogP contribution >= 0.6 is 11.8 Å². The van der Waals surface area contributed by atoms with E-state index in [-0.39, 0.29) is 17.9 Å². The zero-order valence-corrected chi connectivity index (χ0v) is 9.28. The van der Waals surface area contributed by atoms with Crippen LogP contribution in [0.15, 0.2) is 0 Å². The fourth-order valence-corrected chi connectivity index (χ4v) is 2.74. The molecule has 0 spiro atoms. The van der Waals surface area contributed by atoms with Crippen LogP contribution in [-0.4, -0.2) is 15.6 Å². The van der Waals surface area contributed by atoms with E-state index in [1.54, 1.807) is 0 Å². The first-order chi connectivity index (χ1) is 7.39. The summed E-state index contributed by atoms with van der Waals surface area (Å²) in [5.41, 5.74) is -0.0694. The number of nitrogens with zero attached hydrogens (tertiary/aromatic N) is 2. The van der Waals surface area contributed by atoms with Gasteiger partial charge in [-0.25, -0.2) is 0 Å². The number of hydrogen-bond acceptors (Lipinski definition) is 3. The lowest BCUT2D eigenvalue weighted by Crippen LogP contribution is -2.19. The molecule has 0 aromatic carbocycles. The van der Waals surface area contributed by atoms with Gasteiger partial charge in [0.2, 0.25) is 0 Å². The van der Waals surface area contributed by atoms with Crippen molar-refractivity contribution in [2.75, 3.05) is 0 Å². The van der Waals surface area contributed by atoms with E-state index in [2.05, 4.69) is 5.10 Å². The molecule has 0 atom stereocenters. The highest BCUT2D eigenvalue weighted by molar-refractivity contribution is 7.98. The van der Waals surface area contributed by atoms with Crippen LogP contribution < -0.4 is 0 Å². The molecule has 1 aliphatic rings. The maximum absolute atomic E-state index is 12.8. The fraction of sp³-hybridized carbons (Fsp3) is 0.556. The summed E-state index contributed by atoms with van der Waals surface area (Å²) in [5.74, 6) is 0.477. The first kappa shape index (κ1) is 11.5. The molecule has 1 aromatic rings. The average molecular weight is 250 g/mol. The largest absolute Gasteiger partial charge is 0.433 e. The fourth-order valence-electron chi connectivity index (χ4n) is 1.71. The Hall–Kier alpha value is -0.980. The third-order valence-electron chi connectivity index (χ3n) is 2.26. The molecule has 0 N–H and O–H groups in total. The number of ketones is 1. The van der Waals surface area contributed by atoms with Gasteiger partial charge in [0.25, 0.3) is 0 Å². The summed E-state index contributed by atoms with van der Waals surface area (Å²) < 4.78 is 39.2. The number of Topliss-reactive ketones (excluding diaryl/α,β-unsaturated/α-hetero) is 1. The quantitative estimate of drug-likeness (QED) is 0.807. The lowest BCUT2D eigenvalue weighted by molar-refractivity contribution is -0.145. The third-order valence-corrected chi connectivity index (χ3v) is 3.23. The topological polar surface area (TPSA) is 34.9 Å². The van der Waals surface area contributed by atoms with Crippen LogP contribution in [-0.2, 0) is 29.0 Å². The molecular weight excluding hydrogens is 241 g/mol. The smallest absolute Gasteiger partial charge is 0.298 e. The standard InChI is InChI=1S/C9H9F3N2OS/c1-5(15)2-14-8(9(10,11)12)6-3-16-4-7(6)13-14/h2-4H2,1H3. The number of hydrogen-bond donors (Lipinski definition) is 0. The molecule has 0 fully saturated rings. The van der Waals surface area contributed by atoms with Crippen molar-refractivity contribution in [3.63, 3.8) is 0 Å². The monoisotopic (exact) mass is 250 g/mol. The molecule has 0 saturated heterocycles. The summed E-state index contributed by atoms with van der Waals surface area (Å²) in [6.07, 6.45) is -4.44. The first-order valence-electron chi connectivity index (χ1n) is 4.62. The Bertz CT molecular complexity index is 439. The van der Waals surface area contributed by atoms with Crippen LogP contribution in [0.1, 0.15) is 23.9 Å².